The second-order valence-electron chi connectivity index (χ2n) is 2.25. The minimum atomic E-state index is 1.36. The van der Waals surface area contributed by atoms with E-state index in [1.807, 2.05) is 22.6 Å². The average molecular weight is 233 g/mol. The summed E-state index contributed by atoms with van der Waals surface area (Å²) in [6.07, 6.45) is 0. The van der Waals surface area contributed by atoms with Crippen LogP contribution in [0.25, 0.3) is 0 Å². The first kappa shape index (κ1) is 7.06. The maximum absolute atomic E-state index is 2.21. The van der Waals surface area contributed by atoms with Gasteiger partial charge in [-0.25, -0.2) is 0 Å². The minimum Gasteiger partial charge on any atom is -0.0546 e. The molecule has 0 saturated heterocycles. The first-order valence-corrected chi connectivity index (χ1v) is 4.11. The van der Waals surface area contributed by atoms with Crippen molar-refractivity contribution in [1.82, 2.24) is 0 Å². The van der Waals surface area contributed by atoms with Crippen LogP contribution in [0.3, 0.4) is 0 Å². The summed E-state index contributed by atoms with van der Waals surface area (Å²) in [5, 5.41) is 0. The fourth-order valence-corrected chi connectivity index (χ4v) is 1.41. The third-order valence-electron chi connectivity index (χ3n) is 1.48. The SMILES string of the molecule is Cc1ccc([IH+])cc1C. The van der Waals surface area contributed by atoms with Crippen molar-refractivity contribution < 1.29 is 22.6 Å². The van der Waals surface area contributed by atoms with Crippen LogP contribution >= 0.6 is 0 Å². The number of halogens is 1. The molecule has 0 saturated carbocycles. The van der Waals surface area contributed by atoms with Gasteiger partial charge in [-0.1, -0.05) is 6.07 Å². The molecule has 0 unspecified atom stereocenters. The van der Waals surface area contributed by atoms with Gasteiger partial charge in [0.2, 0.25) is 0 Å². The Kier molecular flexibility index (Phi) is 2.11. The Hall–Kier alpha value is -0.0500. The van der Waals surface area contributed by atoms with Gasteiger partial charge in [-0.05, 0) is 37.1 Å². The van der Waals surface area contributed by atoms with Gasteiger partial charge in [-0.3, -0.25) is 0 Å². The van der Waals surface area contributed by atoms with Crippen LogP contribution < -0.4 is 22.6 Å². The standard InChI is InChI=1S/C8H10I/c1-6-3-4-8(9)5-7(6)2/h3-5,9H,1-2H3/q+1. The van der Waals surface area contributed by atoms with Gasteiger partial charge in [-0.15, -0.1) is 0 Å². The summed E-state index contributed by atoms with van der Waals surface area (Å²) in [5.74, 6) is 0. The molecule has 0 fully saturated rings. The Balaban J connectivity index is 3.17. The summed E-state index contributed by atoms with van der Waals surface area (Å²) in [6, 6.07) is 6.51. The van der Waals surface area contributed by atoms with E-state index < -0.39 is 0 Å². The fourth-order valence-electron chi connectivity index (χ4n) is 0.714. The van der Waals surface area contributed by atoms with E-state index >= 15 is 0 Å². The van der Waals surface area contributed by atoms with Gasteiger partial charge >= 0.3 is 0 Å². The molecule has 0 bridgehead atoms. The quantitative estimate of drug-likeness (QED) is 0.492. The summed E-state index contributed by atoms with van der Waals surface area (Å²) >= 11 is 2.05. The molecule has 0 nitrogen and oxygen atoms in total. The molecule has 0 atom stereocenters. The molecule has 0 aliphatic rings. The predicted molar refractivity (Wildman–Crippen MR) is 36.0 cm³/mol. The smallest absolute Gasteiger partial charge is 0.0546 e. The monoisotopic (exact) mass is 233 g/mol. The van der Waals surface area contributed by atoms with Crippen LogP contribution in [-0.4, -0.2) is 0 Å². The van der Waals surface area contributed by atoms with Crippen molar-refractivity contribution in [3.63, 3.8) is 0 Å². The van der Waals surface area contributed by atoms with Gasteiger partial charge in [-0.2, -0.15) is 0 Å². The van der Waals surface area contributed by atoms with Crippen molar-refractivity contribution in [3.8, 4) is 0 Å². The van der Waals surface area contributed by atoms with E-state index in [-0.39, 0.29) is 0 Å². The van der Waals surface area contributed by atoms with Crippen molar-refractivity contribution in [1.29, 1.82) is 0 Å². The van der Waals surface area contributed by atoms with Crippen LogP contribution in [0, 0.1) is 17.4 Å². The third kappa shape index (κ3) is 1.68. The number of hydrogen-bond donors (Lipinski definition) is 0. The Bertz CT molecular complexity index is 216. The lowest BCUT2D eigenvalue weighted by Crippen LogP contribution is -3.34. The summed E-state index contributed by atoms with van der Waals surface area (Å²) in [5.41, 5.74) is 2.76. The van der Waals surface area contributed by atoms with Crippen molar-refractivity contribution in [2.24, 2.45) is 0 Å². The molecule has 0 radical (unpaired) electrons. The molecule has 1 aromatic rings. The normalized spacial score (nSPS) is 9.67. The number of benzene rings is 1. The van der Waals surface area contributed by atoms with Gasteiger partial charge in [0.15, 0.2) is 3.57 Å². The van der Waals surface area contributed by atoms with Gasteiger partial charge in [0.25, 0.3) is 22.6 Å². The van der Waals surface area contributed by atoms with Crippen LogP contribution in [-0.2, 0) is 0 Å². The summed E-state index contributed by atoms with van der Waals surface area (Å²) in [4.78, 5) is 0. The molecule has 0 heterocycles. The highest BCUT2D eigenvalue weighted by Crippen LogP contribution is 2.02. The Morgan fingerprint density at radius 2 is 1.78 bits per heavy atom. The van der Waals surface area contributed by atoms with E-state index in [9.17, 15) is 0 Å². The molecule has 48 valence electrons. The van der Waals surface area contributed by atoms with E-state index in [0.29, 0.717) is 0 Å². The molecule has 0 N–H and O–H groups in total. The molecule has 0 amide bonds. The second-order valence-corrected chi connectivity index (χ2v) is 3.59. The molecule has 0 aromatic heterocycles. The maximum atomic E-state index is 2.21. The number of rotatable bonds is 0. The zero-order chi connectivity index (χ0) is 6.85. The number of hydrogen-bond acceptors (Lipinski definition) is 0. The highest BCUT2D eigenvalue weighted by atomic mass is 127. The first-order valence-electron chi connectivity index (χ1n) is 2.94. The van der Waals surface area contributed by atoms with E-state index in [0.717, 1.165) is 0 Å². The zero-order valence-corrected chi connectivity index (χ0v) is 7.97. The zero-order valence-electron chi connectivity index (χ0n) is 5.64. The van der Waals surface area contributed by atoms with Crippen LogP contribution in [0.2, 0.25) is 0 Å². The van der Waals surface area contributed by atoms with E-state index in [1.54, 1.807) is 0 Å². The summed E-state index contributed by atoms with van der Waals surface area (Å²) < 4.78 is 1.36. The lowest BCUT2D eigenvalue weighted by molar-refractivity contribution is -0.328. The van der Waals surface area contributed by atoms with Crippen LogP contribution in [0.15, 0.2) is 18.2 Å². The van der Waals surface area contributed by atoms with E-state index in [4.69, 9.17) is 0 Å². The van der Waals surface area contributed by atoms with Crippen molar-refractivity contribution in [2.75, 3.05) is 0 Å². The Labute approximate surface area is 69.4 Å². The molecule has 0 aliphatic heterocycles. The first-order chi connectivity index (χ1) is 4.20. The molecule has 9 heavy (non-hydrogen) atoms. The van der Waals surface area contributed by atoms with Crippen LogP contribution in [0.5, 0.6) is 0 Å². The van der Waals surface area contributed by atoms with Gasteiger partial charge < -0.3 is 0 Å². The van der Waals surface area contributed by atoms with E-state index in [2.05, 4.69) is 32.0 Å². The fraction of sp³-hybridized carbons (Fsp3) is 0.250. The molecule has 0 aliphatic carbocycles. The Morgan fingerprint density at radius 1 is 1.11 bits per heavy atom. The minimum absolute atomic E-state index is 1.36. The molecule has 1 rings (SSSR count). The predicted octanol–water partition coefficient (Wildman–Crippen LogP) is -1.24. The lowest BCUT2D eigenvalue weighted by Gasteiger charge is -1.93. The van der Waals surface area contributed by atoms with Crippen molar-refractivity contribution >= 4 is 0 Å². The van der Waals surface area contributed by atoms with E-state index in [1.165, 1.54) is 14.7 Å². The summed E-state index contributed by atoms with van der Waals surface area (Å²) in [7, 11) is 0. The molecule has 1 heteroatoms. The largest absolute Gasteiger partial charge is 0.296 e. The maximum Gasteiger partial charge on any atom is 0.296 e. The molecular weight excluding hydrogens is 223 g/mol. The highest BCUT2D eigenvalue weighted by Gasteiger charge is 1.96. The highest BCUT2D eigenvalue weighted by molar-refractivity contribution is 5.22. The average Bonchev–Trinajstić information content (AvgIpc) is 1.80. The number of aryl methyl sites for hydroxylation is 2. The van der Waals surface area contributed by atoms with Crippen molar-refractivity contribution in [2.45, 2.75) is 13.8 Å². The molecular formula is C8H10I+. The van der Waals surface area contributed by atoms with Gasteiger partial charge in [0.1, 0.15) is 0 Å². The molecule has 0 spiro atoms. The van der Waals surface area contributed by atoms with Crippen LogP contribution in [0.1, 0.15) is 11.1 Å². The molecule has 1 aromatic carbocycles. The lowest BCUT2D eigenvalue weighted by atomic mass is 10.1. The van der Waals surface area contributed by atoms with Crippen LogP contribution in [0.4, 0.5) is 0 Å². The van der Waals surface area contributed by atoms with Gasteiger partial charge in [0, 0.05) is 0 Å². The Morgan fingerprint density at radius 3 is 2.22 bits per heavy atom. The van der Waals surface area contributed by atoms with Gasteiger partial charge in [0.05, 0.1) is 0 Å². The topological polar surface area (TPSA) is 0 Å². The second kappa shape index (κ2) is 2.69. The summed E-state index contributed by atoms with van der Waals surface area (Å²) in [6.45, 7) is 4.28. The third-order valence-corrected chi connectivity index (χ3v) is 2.20. The van der Waals surface area contributed by atoms with Crippen molar-refractivity contribution in [3.05, 3.63) is 32.9 Å².